The predicted molar refractivity (Wildman–Crippen MR) is 140 cm³/mol. The van der Waals surface area contributed by atoms with Crippen molar-refractivity contribution in [2.75, 3.05) is 5.32 Å². The molecule has 0 aliphatic heterocycles. The van der Waals surface area contributed by atoms with Crippen LogP contribution >= 0.6 is 0 Å². The summed E-state index contributed by atoms with van der Waals surface area (Å²) in [6.07, 6.45) is 10.8. The molecule has 0 bridgehead atoms. The van der Waals surface area contributed by atoms with E-state index in [0.29, 0.717) is 24.2 Å². The topological polar surface area (TPSA) is 107 Å². The minimum absolute atomic E-state index is 0.137. The first-order valence-corrected chi connectivity index (χ1v) is 11.8. The van der Waals surface area contributed by atoms with Crippen LogP contribution in [0.5, 0.6) is 0 Å². The lowest BCUT2D eigenvalue weighted by Crippen LogP contribution is -2.23. The first-order chi connectivity index (χ1) is 18.2. The monoisotopic (exact) mass is 491 g/mol. The van der Waals surface area contributed by atoms with E-state index in [1.807, 2.05) is 59.4 Å². The van der Waals surface area contributed by atoms with Gasteiger partial charge in [0.1, 0.15) is 0 Å². The number of aryl methyl sites for hydroxylation is 1. The Hall–Kier alpha value is -5.05. The van der Waals surface area contributed by atoms with E-state index >= 15 is 0 Å². The summed E-state index contributed by atoms with van der Waals surface area (Å²) in [6.45, 7) is 0.813. The van der Waals surface area contributed by atoms with Gasteiger partial charge in [0.05, 0.1) is 17.7 Å². The fourth-order valence-electron chi connectivity index (χ4n) is 3.89. The number of hydrogen-bond donors (Lipinski definition) is 2. The van der Waals surface area contributed by atoms with Crippen LogP contribution in [0.1, 0.15) is 22.3 Å². The normalized spacial score (nSPS) is 10.7. The molecule has 5 rings (SSSR count). The Labute approximate surface area is 213 Å². The number of pyridine rings is 1. The average molecular weight is 492 g/mol. The molecular formula is C28H25N7O2. The summed E-state index contributed by atoms with van der Waals surface area (Å²) >= 11 is 0. The zero-order chi connectivity index (χ0) is 25.5. The van der Waals surface area contributed by atoms with Gasteiger partial charge in [-0.05, 0) is 42.5 Å². The van der Waals surface area contributed by atoms with Crippen LogP contribution in [0.25, 0.3) is 16.9 Å². The van der Waals surface area contributed by atoms with E-state index in [4.69, 9.17) is 5.10 Å². The smallest absolute Gasteiger partial charge is 0.251 e. The Kier molecular flexibility index (Phi) is 7.12. The molecule has 184 valence electrons. The Bertz CT molecular complexity index is 1480. The van der Waals surface area contributed by atoms with Crippen molar-refractivity contribution >= 4 is 17.5 Å². The Morgan fingerprint density at radius 2 is 1.73 bits per heavy atom. The third-order valence-corrected chi connectivity index (χ3v) is 5.77. The van der Waals surface area contributed by atoms with Gasteiger partial charge in [-0.1, -0.05) is 24.3 Å². The van der Waals surface area contributed by atoms with Gasteiger partial charge in [-0.15, -0.1) is 0 Å². The van der Waals surface area contributed by atoms with Crippen LogP contribution in [-0.2, 0) is 17.9 Å². The molecule has 0 spiro atoms. The number of nitrogens with zero attached hydrogens (tertiary/aromatic N) is 5. The van der Waals surface area contributed by atoms with Crippen molar-refractivity contribution in [2.45, 2.75) is 19.5 Å². The molecule has 0 aliphatic carbocycles. The Balaban J connectivity index is 1.27. The van der Waals surface area contributed by atoms with Crippen molar-refractivity contribution in [3.63, 3.8) is 0 Å². The van der Waals surface area contributed by atoms with E-state index in [9.17, 15) is 9.59 Å². The maximum absolute atomic E-state index is 13.0. The van der Waals surface area contributed by atoms with Gasteiger partial charge in [0.15, 0.2) is 0 Å². The summed E-state index contributed by atoms with van der Waals surface area (Å²) in [5, 5.41) is 10.6. The number of amides is 2. The third kappa shape index (κ3) is 5.96. The highest BCUT2D eigenvalue weighted by molar-refractivity contribution is 5.97. The molecule has 0 aliphatic rings. The molecule has 2 aromatic carbocycles. The second-order valence-electron chi connectivity index (χ2n) is 8.38. The molecule has 0 radical (unpaired) electrons. The Morgan fingerprint density at radius 3 is 2.51 bits per heavy atom. The molecule has 0 fully saturated rings. The molecule has 2 amide bonds. The second-order valence-corrected chi connectivity index (χ2v) is 8.38. The Morgan fingerprint density at radius 1 is 0.892 bits per heavy atom. The summed E-state index contributed by atoms with van der Waals surface area (Å²) < 4.78 is 3.64. The van der Waals surface area contributed by atoms with Crippen LogP contribution < -0.4 is 10.6 Å². The van der Waals surface area contributed by atoms with Crippen molar-refractivity contribution in [3.8, 4) is 16.9 Å². The van der Waals surface area contributed by atoms with Crippen LogP contribution in [-0.4, -0.2) is 36.1 Å². The molecule has 0 atom stereocenters. The number of para-hydroxylation sites is 1. The lowest BCUT2D eigenvalue weighted by molar-refractivity contribution is -0.116. The summed E-state index contributed by atoms with van der Waals surface area (Å²) in [4.78, 5) is 33.4. The molecule has 5 aromatic rings. The van der Waals surface area contributed by atoms with Gasteiger partial charge in [-0.2, -0.15) is 5.10 Å². The lowest BCUT2D eigenvalue weighted by Gasteiger charge is -2.09. The molecular weight excluding hydrogens is 466 g/mol. The van der Waals surface area contributed by atoms with Crippen molar-refractivity contribution in [2.24, 2.45) is 0 Å². The fraction of sp³-hybridized carbons (Fsp3) is 0.107. The van der Waals surface area contributed by atoms with Crippen LogP contribution in [0.15, 0.2) is 104 Å². The lowest BCUT2D eigenvalue weighted by atomic mass is 10.1. The maximum Gasteiger partial charge on any atom is 0.251 e. The minimum Gasteiger partial charge on any atom is -0.348 e. The number of aromatic nitrogens is 5. The van der Waals surface area contributed by atoms with Crippen LogP contribution in [0.3, 0.4) is 0 Å². The number of carbonyl (C=O) groups is 2. The molecule has 3 heterocycles. The molecule has 0 unspecified atom stereocenters. The predicted octanol–water partition coefficient (Wildman–Crippen LogP) is 4.09. The minimum atomic E-state index is -0.248. The van der Waals surface area contributed by atoms with Crippen molar-refractivity contribution in [3.05, 3.63) is 115 Å². The van der Waals surface area contributed by atoms with Crippen LogP contribution in [0.4, 0.5) is 5.69 Å². The quantitative estimate of drug-likeness (QED) is 0.323. The number of carbonyl (C=O) groups excluding carboxylic acids is 2. The molecule has 2 N–H and O–H groups in total. The number of hydrogen-bond acceptors (Lipinski definition) is 5. The van der Waals surface area contributed by atoms with Gasteiger partial charge < -0.3 is 15.2 Å². The van der Waals surface area contributed by atoms with Crippen LogP contribution in [0, 0.1) is 0 Å². The van der Waals surface area contributed by atoms with Crippen LogP contribution in [0.2, 0.25) is 0 Å². The van der Waals surface area contributed by atoms with E-state index in [0.717, 1.165) is 22.5 Å². The van der Waals surface area contributed by atoms with E-state index in [1.165, 1.54) is 0 Å². The fourth-order valence-corrected chi connectivity index (χ4v) is 3.89. The van der Waals surface area contributed by atoms with Crippen molar-refractivity contribution in [1.82, 2.24) is 29.6 Å². The van der Waals surface area contributed by atoms with Gasteiger partial charge in [0.25, 0.3) is 5.91 Å². The van der Waals surface area contributed by atoms with E-state index in [1.54, 1.807) is 53.9 Å². The highest BCUT2D eigenvalue weighted by atomic mass is 16.2. The molecule has 9 nitrogen and oxygen atoms in total. The van der Waals surface area contributed by atoms with Gasteiger partial charge in [-0.25, -0.2) is 9.67 Å². The number of rotatable bonds is 9. The molecule has 9 heteroatoms. The summed E-state index contributed by atoms with van der Waals surface area (Å²) in [6, 6.07) is 20.5. The number of nitrogens with one attached hydrogen (secondary N) is 2. The zero-order valence-electron chi connectivity index (χ0n) is 20.0. The second kappa shape index (κ2) is 11.1. The summed E-state index contributed by atoms with van der Waals surface area (Å²) in [5.74, 6) is -0.385. The molecule has 0 saturated heterocycles. The van der Waals surface area contributed by atoms with Gasteiger partial charge >= 0.3 is 0 Å². The first kappa shape index (κ1) is 23.7. The largest absolute Gasteiger partial charge is 0.348 e. The molecule has 37 heavy (non-hydrogen) atoms. The maximum atomic E-state index is 13.0. The average Bonchev–Trinajstić information content (AvgIpc) is 3.62. The summed E-state index contributed by atoms with van der Waals surface area (Å²) in [5.41, 5.74) is 4.49. The van der Waals surface area contributed by atoms with E-state index < -0.39 is 0 Å². The standard InChI is InChI=1S/C28H25N7O2/c36-26(11-15-34-16-14-30-20-34)32-24-6-4-5-22(17-24)28(37)31-18-23-19-35(25-7-2-1-3-8-25)33-27(23)21-9-12-29-13-10-21/h1-10,12-14,16-17,19-20H,11,15,18H2,(H,31,37)(H,32,36). The molecule has 3 aromatic heterocycles. The zero-order valence-corrected chi connectivity index (χ0v) is 20.0. The van der Waals surface area contributed by atoms with E-state index in [2.05, 4.69) is 20.6 Å². The molecule has 0 saturated carbocycles. The number of imidazole rings is 1. The van der Waals surface area contributed by atoms with Gasteiger partial charge in [0, 0.05) is 72.9 Å². The summed E-state index contributed by atoms with van der Waals surface area (Å²) in [7, 11) is 0. The van der Waals surface area contributed by atoms with Crippen molar-refractivity contribution < 1.29 is 9.59 Å². The SMILES string of the molecule is O=C(CCn1ccnc1)Nc1cccc(C(=O)NCc2cn(-c3ccccc3)nc2-c2ccncc2)c1. The third-order valence-electron chi connectivity index (χ3n) is 5.77. The number of anilines is 1. The van der Waals surface area contributed by atoms with Gasteiger partial charge in [-0.3, -0.25) is 14.6 Å². The first-order valence-electron chi connectivity index (χ1n) is 11.8. The van der Waals surface area contributed by atoms with Crippen molar-refractivity contribution in [1.29, 1.82) is 0 Å². The van der Waals surface area contributed by atoms with E-state index in [-0.39, 0.29) is 18.4 Å². The highest BCUT2D eigenvalue weighted by Gasteiger charge is 2.14. The highest BCUT2D eigenvalue weighted by Crippen LogP contribution is 2.23. The van der Waals surface area contributed by atoms with Gasteiger partial charge in [0.2, 0.25) is 5.91 Å². The number of benzene rings is 2.